The Labute approximate surface area is 154 Å². The average molecular weight is 376 g/mol. The van der Waals surface area contributed by atoms with Crippen molar-refractivity contribution in [3.05, 3.63) is 59.7 Å². The minimum Gasteiger partial charge on any atom is -0.497 e. The summed E-state index contributed by atoms with van der Waals surface area (Å²) in [5, 5.41) is 2.53. The van der Waals surface area contributed by atoms with Crippen LogP contribution < -0.4 is 14.8 Å². The van der Waals surface area contributed by atoms with Crippen LogP contribution in [0.1, 0.15) is 12.5 Å². The average Bonchev–Trinajstić information content (AvgIpc) is 2.88. The summed E-state index contributed by atoms with van der Waals surface area (Å²) < 4.78 is 37.3. The van der Waals surface area contributed by atoms with Crippen LogP contribution in [0, 0.1) is 11.6 Å². The topological polar surface area (TPSA) is 67.9 Å². The maximum atomic E-state index is 13.5. The Morgan fingerprint density at radius 3 is 2.33 bits per heavy atom. The summed E-state index contributed by atoms with van der Waals surface area (Å²) in [6, 6.07) is 9.34. The fourth-order valence-electron chi connectivity index (χ4n) is 2.83. The van der Waals surface area contributed by atoms with Crippen LogP contribution in [-0.4, -0.2) is 37.1 Å². The van der Waals surface area contributed by atoms with Crippen molar-refractivity contribution in [2.45, 2.75) is 12.5 Å². The van der Waals surface area contributed by atoms with E-state index in [-0.39, 0.29) is 18.7 Å². The fraction of sp³-hybridized carbons (Fsp3) is 0.263. The van der Waals surface area contributed by atoms with Gasteiger partial charge in [0.25, 0.3) is 5.91 Å². The molecule has 0 radical (unpaired) electrons. The van der Waals surface area contributed by atoms with Gasteiger partial charge < -0.3 is 14.8 Å². The van der Waals surface area contributed by atoms with E-state index in [0.29, 0.717) is 11.5 Å². The molecule has 2 aromatic rings. The number of nitrogens with one attached hydrogen (secondary N) is 1. The Morgan fingerprint density at radius 1 is 1.04 bits per heavy atom. The standard InChI is InChI=1S/C19H18F2N2O4/c1-19(12-3-8-15(20)16(21)11-12)17(24)23(18(25)22-19)9-10-27-14-6-4-13(26-2)5-7-14/h3-8,11H,9-10H2,1-2H3,(H,22,25). The number of imide groups is 1. The molecular formula is C19H18F2N2O4. The quantitative estimate of drug-likeness (QED) is 0.788. The van der Waals surface area contributed by atoms with Gasteiger partial charge in [0.2, 0.25) is 0 Å². The molecule has 3 amide bonds. The van der Waals surface area contributed by atoms with Gasteiger partial charge in [-0.15, -0.1) is 0 Å². The Hall–Kier alpha value is -3.16. The molecule has 1 atom stereocenters. The molecule has 142 valence electrons. The molecule has 8 heteroatoms. The lowest BCUT2D eigenvalue weighted by Gasteiger charge is -2.22. The van der Waals surface area contributed by atoms with Crippen LogP contribution in [0.25, 0.3) is 0 Å². The molecule has 27 heavy (non-hydrogen) atoms. The van der Waals surface area contributed by atoms with Crippen molar-refractivity contribution in [2.24, 2.45) is 0 Å². The third kappa shape index (κ3) is 3.55. The largest absolute Gasteiger partial charge is 0.497 e. The number of halogens is 2. The minimum absolute atomic E-state index is 0.00988. The summed E-state index contributed by atoms with van der Waals surface area (Å²) in [4.78, 5) is 25.9. The van der Waals surface area contributed by atoms with Crippen LogP contribution >= 0.6 is 0 Å². The molecule has 0 aliphatic carbocycles. The second kappa shape index (κ2) is 7.22. The summed E-state index contributed by atoms with van der Waals surface area (Å²) in [6.07, 6.45) is 0. The van der Waals surface area contributed by atoms with Crippen LogP contribution in [0.3, 0.4) is 0 Å². The van der Waals surface area contributed by atoms with Crippen molar-refractivity contribution in [3.63, 3.8) is 0 Å². The SMILES string of the molecule is COc1ccc(OCCN2C(=O)NC(C)(c3ccc(F)c(F)c3)C2=O)cc1. The monoisotopic (exact) mass is 376 g/mol. The molecule has 1 unspecified atom stereocenters. The molecule has 2 aromatic carbocycles. The van der Waals surface area contributed by atoms with Gasteiger partial charge in [0.15, 0.2) is 11.6 Å². The molecule has 1 fully saturated rings. The number of amides is 3. The lowest BCUT2D eigenvalue weighted by Crippen LogP contribution is -2.41. The summed E-state index contributed by atoms with van der Waals surface area (Å²) in [5.74, 6) is -1.43. The van der Waals surface area contributed by atoms with Crippen LogP contribution in [0.2, 0.25) is 0 Å². The molecule has 0 aromatic heterocycles. The highest BCUT2D eigenvalue weighted by Crippen LogP contribution is 2.29. The highest BCUT2D eigenvalue weighted by atomic mass is 19.2. The van der Waals surface area contributed by atoms with E-state index in [0.717, 1.165) is 17.0 Å². The number of carbonyl (C=O) groups excluding carboxylic acids is 2. The molecule has 0 saturated carbocycles. The number of carbonyl (C=O) groups is 2. The number of urea groups is 1. The second-order valence-electron chi connectivity index (χ2n) is 6.16. The molecular weight excluding hydrogens is 358 g/mol. The Balaban J connectivity index is 1.67. The van der Waals surface area contributed by atoms with E-state index in [1.807, 2.05) is 0 Å². The highest BCUT2D eigenvalue weighted by molar-refractivity contribution is 6.07. The third-order valence-electron chi connectivity index (χ3n) is 4.41. The van der Waals surface area contributed by atoms with Crippen molar-refractivity contribution >= 4 is 11.9 Å². The smallest absolute Gasteiger partial charge is 0.325 e. The Kier molecular flexibility index (Phi) is 4.98. The first kappa shape index (κ1) is 18.6. The summed E-state index contributed by atoms with van der Waals surface area (Å²) in [7, 11) is 1.55. The van der Waals surface area contributed by atoms with Gasteiger partial charge in [-0.1, -0.05) is 6.07 Å². The molecule has 6 nitrogen and oxygen atoms in total. The third-order valence-corrected chi connectivity index (χ3v) is 4.41. The lowest BCUT2D eigenvalue weighted by atomic mass is 9.92. The van der Waals surface area contributed by atoms with Crippen molar-refractivity contribution < 1.29 is 27.8 Å². The van der Waals surface area contributed by atoms with E-state index in [9.17, 15) is 18.4 Å². The summed E-state index contributed by atoms with van der Waals surface area (Å²) >= 11 is 0. The predicted molar refractivity (Wildman–Crippen MR) is 92.4 cm³/mol. The fourth-order valence-corrected chi connectivity index (χ4v) is 2.83. The maximum Gasteiger partial charge on any atom is 0.325 e. The van der Waals surface area contributed by atoms with Gasteiger partial charge in [-0.25, -0.2) is 13.6 Å². The number of nitrogens with zero attached hydrogens (tertiary/aromatic N) is 1. The summed E-state index contributed by atoms with van der Waals surface area (Å²) in [6.45, 7) is 1.54. The number of hydrogen-bond donors (Lipinski definition) is 1. The molecule has 0 spiro atoms. The van der Waals surface area contributed by atoms with Gasteiger partial charge in [-0.05, 0) is 48.9 Å². The molecule has 1 saturated heterocycles. The summed E-state index contributed by atoms with van der Waals surface area (Å²) in [5.41, 5.74) is -1.30. The van der Waals surface area contributed by atoms with Gasteiger partial charge in [0, 0.05) is 0 Å². The zero-order valence-electron chi connectivity index (χ0n) is 14.8. The van der Waals surface area contributed by atoms with Crippen LogP contribution in [0.5, 0.6) is 11.5 Å². The van der Waals surface area contributed by atoms with Gasteiger partial charge in [0.05, 0.1) is 13.7 Å². The van der Waals surface area contributed by atoms with E-state index in [4.69, 9.17) is 9.47 Å². The van der Waals surface area contributed by atoms with E-state index in [2.05, 4.69) is 5.32 Å². The second-order valence-corrected chi connectivity index (χ2v) is 6.16. The van der Waals surface area contributed by atoms with Gasteiger partial charge >= 0.3 is 6.03 Å². The van der Waals surface area contributed by atoms with E-state index < -0.39 is 29.1 Å². The minimum atomic E-state index is -1.47. The van der Waals surface area contributed by atoms with Crippen molar-refractivity contribution in [2.75, 3.05) is 20.3 Å². The Morgan fingerprint density at radius 2 is 1.70 bits per heavy atom. The first-order valence-electron chi connectivity index (χ1n) is 8.21. The number of hydrogen-bond acceptors (Lipinski definition) is 4. The van der Waals surface area contributed by atoms with Gasteiger partial charge in [-0.3, -0.25) is 9.69 Å². The van der Waals surface area contributed by atoms with Crippen LogP contribution in [-0.2, 0) is 10.3 Å². The van der Waals surface area contributed by atoms with E-state index >= 15 is 0 Å². The van der Waals surface area contributed by atoms with Crippen molar-refractivity contribution in [1.29, 1.82) is 0 Å². The first-order valence-corrected chi connectivity index (χ1v) is 8.21. The lowest BCUT2D eigenvalue weighted by molar-refractivity contribution is -0.131. The zero-order valence-corrected chi connectivity index (χ0v) is 14.8. The zero-order chi connectivity index (χ0) is 19.6. The van der Waals surface area contributed by atoms with E-state index in [1.165, 1.54) is 13.0 Å². The Bertz CT molecular complexity index is 873. The van der Waals surface area contributed by atoms with Gasteiger partial charge in [0.1, 0.15) is 23.6 Å². The van der Waals surface area contributed by atoms with E-state index in [1.54, 1.807) is 31.4 Å². The van der Waals surface area contributed by atoms with Gasteiger partial charge in [-0.2, -0.15) is 0 Å². The van der Waals surface area contributed by atoms with Crippen molar-refractivity contribution in [1.82, 2.24) is 10.2 Å². The molecule has 1 heterocycles. The number of ether oxygens (including phenoxy) is 2. The first-order chi connectivity index (χ1) is 12.8. The molecule has 0 bridgehead atoms. The van der Waals surface area contributed by atoms with Crippen molar-refractivity contribution in [3.8, 4) is 11.5 Å². The maximum absolute atomic E-state index is 13.5. The molecule has 1 aliphatic heterocycles. The molecule has 1 N–H and O–H groups in total. The number of rotatable bonds is 6. The normalized spacial score (nSPS) is 19.2. The predicted octanol–water partition coefficient (Wildman–Crippen LogP) is 2.82. The molecule has 1 aliphatic rings. The molecule has 3 rings (SSSR count). The van der Waals surface area contributed by atoms with Crippen LogP contribution in [0.15, 0.2) is 42.5 Å². The number of methoxy groups -OCH3 is 1. The van der Waals surface area contributed by atoms with Crippen LogP contribution in [0.4, 0.5) is 13.6 Å². The number of benzene rings is 2. The highest BCUT2D eigenvalue weighted by Gasteiger charge is 2.49.